The fourth-order valence-electron chi connectivity index (χ4n) is 2.52. The van der Waals surface area contributed by atoms with Crippen LogP contribution < -0.4 is 4.74 Å². The van der Waals surface area contributed by atoms with E-state index in [1.807, 2.05) is 66.7 Å². The van der Waals surface area contributed by atoms with Gasteiger partial charge < -0.3 is 9.15 Å². The largest absolute Gasteiger partial charge is 0.486 e. The molecule has 3 nitrogen and oxygen atoms in total. The number of rotatable bonds is 7. The number of ketones is 1. The molecule has 0 saturated carbocycles. The molecule has 0 N–H and O–H groups in total. The molecular weight excluding hydrogens is 324 g/mol. The number of hydrogen-bond acceptors (Lipinski definition) is 3. The van der Waals surface area contributed by atoms with Gasteiger partial charge in [0.1, 0.15) is 23.9 Å². The van der Waals surface area contributed by atoms with E-state index < -0.39 is 0 Å². The summed E-state index contributed by atoms with van der Waals surface area (Å²) in [5, 5.41) is 0. The first-order valence-electron chi connectivity index (χ1n) is 8.71. The van der Waals surface area contributed by atoms with E-state index in [0.29, 0.717) is 29.6 Å². The molecule has 0 aliphatic carbocycles. The van der Waals surface area contributed by atoms with E-state index in [1.165, 1.54) is 11.6 Å². The van der Waals surface area contributed by atoms with Crippen LogP contribution in [0.1, 0.15) is 47.2 Å². The second-order valence-corrected chi connectivity index (χ2v) is 6.38. The molecule has 1 heterocycles. The molecule has 0 unspecified atom stereocenters. The standard InChI is InChI=1S/C23H22O3/c1-17(2)18-8-10-19(11-9-18)23(24)15-14-21-12-13-22(26-21)16-25-20-6-4-3-5-7-20/h3-15,17H,16H2,1-2H3/b15-14+. The molecule has 0 spiro atoms. The van der Waals surface area contributed by atoms with Crippen molar-refractivity contribution in [3.63, 3.8) is 0 Å². The highest BCUT2D eigenvalue weighted by atomic mass is 16.5. The van der Waals surface area contributed by atoms with Crippen molar-refractivity contribution in [3.05, 3.63) is 95.5 Å². The lowest BCUT2D eigenvalue weighted by Crippen LogP contribution is -1.95. The maximum Gasteiger partial charge on any atom is 0.185 e. The molecule has 0 aliphatic heterocycles. The molecule has 0 fully saturated rings. The minimum absolute atomic E-state index is 0.0428. The minimum atomic E-state index is -0.0428. The van der Waals surface area contributed by atoms with E-state index in [0.717, 1.165) is 5.75 Å². The molecule has 2 aromatic carbocycles. The monoisotopic (exact) mass is 346 g/mol. The highest BCUT2D eigenvalue weighted by molar-refractivity contribution is 6.06. The Morgan fingerprint density at radius 2 is 1.73 bits per heavy atom. The molecular formula is C23H22O3. The lowest BCUT2D eigenvalue weighted by molar-refractivity contribution is 0.104. The van der Waals surface area contributed by atoms with Crippen molar-refractivity contribution < 1.29 is 13.9 Å². The molecule has 3 heteroatoms. The molecule has 0 amide bonds. The molecule has 26 heavy (non-hydrogen) atoms. The average molecular weight is 346 g/mol. The third-order valence-electron chi connectivity index (χ3n) is 4.07. The predicted octanol–water partition coefficient (Wildman–Crippen LogP) is 5.88. The van der Waals surface area contributed by atoms with Crippen molar-refractivity contribution in [2.75, 3.05) is 0 Å². The van der Waals surface area contributed by atoms with Crippen LogP contribution in [0.2, 0.25) is 0 Å². The van der Waals surface area contributed by atoms with Crippen LogP contribution in [0.5, 0.6) is 5.75 Å². The van der Waals surface area contributed by atoms with E-state index in [1.54, 1.807) is 6.08 Å². The van der Waals surface area contributed by atoms with Crippen LogP contribution in [-0.2, 0) is 6.61 Å². The predicted molar refractivity (Wildman–Crippen MR) is 103 cm³/mol. The van der Waals surface area contributed by atoms with Gasteiger partial charge in [-0.1, -0.05) is 56.3 Å². The third-order valence-corrected chi connectivity index (χ3v) is 4.07. The molecule has 132 valence electrons. The molecule has 0 saturated heterocycles. The lowest BCUT2D eigenvalue weighted by Gasteiger charge is -2.05. The van der Waals surface area contributed by atoms with E-state index in [2.05, 4.69) is 13.8 Å². The second kappa shape index (κ2) is 8.34. The second-order valence-electron chi connectivity index (χ2n) is 6.38. The highest BCUT2D eigenvalue weighted by Crippen LogP contribution is 2.17. The SMILES string of the molecule is CC(C)c1ccc(C(=O)/C=C/c2ccc(COc3ccccc3)o2)cc1. The van der Waals surface area contributed by atoms with Crippen molar-refractivity contribution >= 4 is 11.9 Å². The Balaban J connectivity index is 1.58. The number of allylic oxidation sites excluding steroid dienone is 1. The topological polar surface area (TPSA) is 39.4 Å². The zero-order chi connectivity index (χ0) is 18.4. The molecule has 0 aliphatic rings. The van der Waals surface area contributed by atoms with Crippen molar-refractivity contribution in [3.8, 4) is 5.75 Å². The van der Waals surface area contributed by atoms with Gasteiger partial charge in [0.25, 0.3) is 0 Å². The first kappa shape index (κ1) is 17.7. The smallest absolute Gasteiger partial charge is 0.185 e. The minimum Gasteiger partial charge on any atom is -0.486 e. The van der Waals surface area contributed by atoms with E-state index in [-0.39, 0.29) is 5.78 Å². The Morgan fingerprint density at radius 1 is 1.00 bits per heavy atom. The average Bonchev–Trinajstić information content (AvgIpc) is 3.13. The molecule has 3 rings (SSSR count). The molecule has 0 bridgehead atoms. The van der Waals surface area contributed by atoms with Gasteiger partial charge in [-0.15, -0.1) is 0 Å². The van der Waals surface area contributed by atoms with Gasteiger partial charge in [0.05, 0.1) is 0 Å². The molecule has 3 aromatic rings. The number of ether oxygens (including phenoxy) is 1. The summed E-state index contributed by atoms with van der Waals surface area (Å²) in [4.78, 5) is 12.3. The van der Waals surface area contributed by atoms with Gasteiger partial charge in [0.2, 0.25) is 0 Å². The summed E-state index contributed by atoms with van der Waals surface area (Å²) in [5.41, 5.74) is 1.89. The summed E-state index contributed by atoms with van der Waals surface area (Å²) >= 11 is 0. The molecule has 1 aromatic heterocycles. The zero-order valence-electron chi connectivity index (χ0n) is 15.0. The van der Waals surface area contributed by atoms with Crippen LogP contribution in [0.15, 0.2) is 77.2 Å². The first-order valence-corrected chi connectivity index (χ1v) is 8.71. The van der Waals surface area contributed by atoms with Crippen LogP contribution in [0.25, 0.3) is 6.08 Å². The Bertz CT molecular complexity index is 871. The first-order chi connectivity index (χ1) is 12.6. The summed E-state index contributed by atoms with van der Waals surface area (Å²) in [6.45, 7) is 4.61. The normalized spacial score (nSPS) is 11.2. The molecule has 0 radical (unpaired) electrons. The van der Waals surface area contributed by atoms with E-state index >= 15 is 0 Å². The van der Waals surface area contributed by atoms with Crippen LogP contribution in [0.4, 0.5) is 0 Å². The van der Waals surface area contributed by atoms with Crippen molar-refractivity contribution in [1.29, 1.82) is 0 Å². The summed E-state index contributed by atoms with van der Waals surface area (Å²) in [5.74, 6) is 2.54. The maximum atomic E-state index is 12.3. The Labute approximate surface area is 153 Å². The van der Waals surface area contributed by atoms with Crippen molar-refractivity contribution in [2.45, 2.75) is 26.4 Å². The third kappa shape index (κ3) is 4.73. The maximum absolute atomic E-state index is 12.3. The summed E-state index contributed by atoms with van der Waals surface area (Å²) in [7, 11) is 0. The summed E-state index contributed by atoms with van der Waals surface area (Å²) < 4.78 is 11.3. The number of para-hydroxylation sites is 1. The van der Waals surface area contributed by atoms with Gasteiger partial charge in [-0.2, -0.15) is 0 Å². The van der Waals surface area contributed by atoms with Crippen LogP contribution in [0, 0.1) is 0 Å². The van der Waals surface area contributed by atoms with E-state index in [9.17, 15) is 4.79 Å². The van der Waals surface area contributed by atoms with Gasteiger partial charge in [0.15, 0.2) is 5.78 Å². The fourth-order valence-corrected chi connectivity index (χ4v) is 2.52. The number of furan rings is 1. The number of carbonyl (C=O) groups is 1. The lowest BCUT2D eigenvalue weighted by atomic mass is 10.0. The Morgan fingerprint density at radius 3 is 2.42 bits per heavy atom. The van der Waals surface area contributed by atoms with Gasteiger partial charge >= 0.3 is 0 Å². The van der Waals surface area contributed by atoms with Crippen LogP contribution in [-0.4, -0.2) is 5.78 Å². The summed E-state index contributed by atoms with van der Waals surface area (Å²) in [6.07, 6.45) is 3.22. The van der Waals surface area contributed by atoms with Gasteiger partial charge in [-0.3, -0.25) is 4.79 Å². The summed E-state index contributed by atoms with van der Waals surface area (Å²) in [6, 6.07) is 21.0. The van der Waals surface area contributed by atoms with Crippen molar-refractivity contribution in [2.24, 2.45) is 0 Å². The fraction of sp³-hybridized carbons (Fsp3) is 0.174. The van der Waals surface area contributed by atoms with E-state index in [4.69, 9.17) is 9.15 Å². The van der Waals surface area contributed by atoms with Crippen molar-refractivity contribution in [1.82, 2.24) is 0 Å². The quantitative estimate of drug-likeness (QED) is 0.396. The van der Waals surface area contributed by atoms with Gasteiger partial charge in [-0.25, -0.2) is 0 Å². The molecule has 0 atom stereocenters. The Kier molecular flexibility index (Phi) is 5.69. The van der Waals surface area contributed by atoms with Crippen LogP contribution in [0.3, 0.4) is 0 Å². The van der Waals surface area contributed by atoms with Crippen LogP contribution >= 0.6 is 0 Å². The number of benzene rings is 2. The van der Waals surface area contributed by atoms with Gasteiger partial charge in [-0.05, 0) is 47.9 Å². The number of hydrogen-bond donors (Lipinski definition) is 0. The number of carbonyl (C=O) groups excluding carboxylic acids is 1. The Hall–Kier alpha value is -3.07. The van der Waals surface area contributed by atoms with Gasteiger partial charge in [0, 0.05) is 5.56 Å². The highest BCUT2D eigenvalue weighted by Gasteiger charge is 2.05. The zero-order valence-corrected chi connectivity index (χ0v) is 15.0.